The summed E-state index contributed by atoms with van der Waals surface area (Å²) in [7, 11) is 0. The molecule has 0 saturated carbocycles. The lowest BCUT2D eigenvalue weighted by molar-refractivity contribution is -0.0493. The van der Waals surface area contributed by atoms with Gasteiger partial charge in [0.2, 0.25) is 0 Å². The summed E-state index contributed by atoms with van der Waals surface area (Å²) in [5, 5.41) is 6.06. The molecule has 2 rings (SSSR count). The summed E-state index contributed by atoms with van der Waals surface area (Å²) >= 11 is 5.18. The Morgan fingerprint density at radius 1 is 1.09 bits per heavy atom. The first-order chi connectivity index (χ1) is 11.1. The van der Waals surface area contributed by atoms with E-state index in [1.807, 2.05) is 19.1 Å². The van der Waals surface area contributed by atoms with Gasteiger partial charge >= 0.3 is 6.61 Å². The third-order valence-corrected chi connectivity index (χ3v) is 2.98. The van der Waals surface area contributed by atoms with E-state index in [-0.39, 0.29) is 10.9 Å². The van der Waals surface area contributed by atoms with E-state index in [9.17, 15) is 8.78 Å². The van der Waals surface area contributed by atoms with Gasteiger partial charge in [-0.25, -0.2) is 0 Å². The minimum Gasteiger partial charge on any atom is -0.494 e. The molecule has 0 spiro atoms. The summed E-state index contributed by atoms with van der Waals surface area (Å²) in [6, 6.07) is 13.6. The van der Waals surface area contributed by atoms with E-state index in [0.717, 1.165) is 11.4 Å². The van der Waals surface area contributed by atoms with Crippen molar-refractivity contribution < 1.29 is 18.3 Å². The quantitative estimate of drug-likeness (QED) is 0.760. The number of thiocarbonyl (C=S) groups is 1. The van der Waals surface area contributed by atoms with Crippen LogP contribution >= 0.6 is 12.2 Å². The van der Waals surface area contributed by atoms with Gasteiger partial charge in [-0.1, -0.05) is 12.1 Å². The summed E-state index contributed by atoms with van der Waals surface area (Å²) in [4.78, 5) is 0. The molecule has 0 atom stereocenters. The molecule has 122 valence electrons. The fourth-order valence-corrected chi connectivity index (χ4v) is 2.08. The zero-order valence-corrected chi connectivity index (χ0v) is 13.2. The highest BCUT2D eigenvalue weighted by Gasteiger charge is 2.10. The fraction of sp³-hybridized carbons (Fsp3) is 0.188. The van der Waals surface area contributed by atoms with Crippen molar-refractivity contribution in [1.82, 2.24) is 0 Å². The topological polar surface area (TPSA) is 42.5 Å². The Kier molecular flexibility index (Phi) is 6.10. The summed E-state index contributed by atoms with van der Waals surface area (Å²) in [5.41, 5.74) is 1.11. The maximum atomic E-state index is 12.4. The SMILES string of the molecule is CCOc1ccc(NC(=S)Nc2ccccc2OC(F)F)cc1. The van der Waals surface area contributed by atoms with Crippen LogP contribution in [0.5, 0.6) is 11.5 Å². The number of ether oxygens (including phenoxy) is 2. The largest absolute Gasteiger partial charge is 0.494 e. The number of hydrogen-bond donors (Lipinski definition) is 2. The van der Waals surface area contributed by atoms with Crippen LogP contribution in [-0.2, 0) is 0 Å². The van der Waals surface area contributed by atoms with Gasteiger partial charge in [0.25, 0.3) is 0 Å². The van der Waals surface area contributed by atoms with Gasteiger partial charge in [0, 0.05) is 5.69 Å². The van der Waals surface area contributed by atoms with Crippen LogP contribution in [0.2, 0.25) is 0 Å². The lowest BCUT2D eigenvalue weighted by Crippen LogP contribution is -2.19. The van der Waals surface area contributed by atoms with Crippen LogP contribution in [0, 0.1) is 0 Å². The minimum absolute atomic E-state index is 0.0262. The molecule has 4 nitrogen and oxygen atoms in total. The highest BCUT2D eigenvalue weighted by molar-refractivity contribution is 7.80. The summed E-state index contributed by atoms with van der Waals surface area (Å²) in [5.74, 6) is 0.783. The van der Waals surface area contributed by atoms with Gasteiger partial charge in [-0.15, -0.1) is 0 Å². The summed E-state index contributed by atoms with van der Waals surface area (Å²) in [6.45, 7) is -0.400. The zero-order chi connectivity index (χ0) is 16.7. The number of nitrogens with one attached hydrogen (secondary N) is 2. The van der Waals surface area contributed by atoms with E-state index in [1.165, 1.54) is 6.07 Å². The molecule has 2 aromatic rings. The maximum absolute atomic E-state index is 12.4. The first kappa shape index (κ1) is 17.0. The second kappa shape index (κ2) is 8.28. The van der Waals surface area contributed by atoms with Crippen molar-refractivity contribution in [3.05, 3.63) is 48.5 Å². The molecular formula is C16H16F2N2O2S. The van der Waals surface area contributed by atoms with E-state index >= 15 is 0 Å². The van der Waals surface area contributed by atoms with Crippen LogP contribution in [0.3, 0.4) is 0 Å². The van der Waals surface area contributed by atoms with Crippen molar-refractivity contribution in [3.8, 4) is 11.5 Å². The molecule has 7 heteroatoms. The van der Waals surface area contributed by atoms with Crippen LogP contribution in [-0.4, -0.2) is 18.3 Å². The highest BCUT2D eigenvalue weighted by Crippen LogP contribution is 2.25. The fourth-order valence-electron chi connectivity index (χ4n) is 1.85. The molecule has 0 radical (unpaired) electrons. The number of hydrogen-bond acceptors (Lipinski definition) is 3. The van der Waals surface area contributed by atoms with Gasteiger partial charge in [-0.3, -0.25) is 0 Å². The molecule has 2 N–H and O–H groups in total. The average molecular weight is 338 g/mol. The van der Waals surface area contributed by atoms with Gasteiger partial charge in [-0.2, -0.15) is 8.78 Å². The van der Waals surface area contributed by atoms with Crippen LogP contribution < -0.4 is 20.1 Å². The number of rotatable bonds is 6. The zero-order valence-electron chi connectivity index (χ0n) is 12.4. The number of para-hydroxylation sites is 2. The molecular weight excluding hydrogens is 322 g/mol. The highest BCUT2D eigenvalue weighted by atomic mass is 32.1. The smallest absolute Gasteiger partial charge is 0.387 e. The molecule has 23 heavy (non-hydrogen) atoms. The third kappa shape index (κ3) is 5.37. The average Bonchev–Trinajstić information content (AvgIpc) is 2.51. The van der Waals surface area contributed by atoms with Gasteiger partial charge in [0.1, 0.15) is 11.5 Å². The number of halogens is 2. The molecule has 0 aliphatic carbocycles. The monoisotopic (exact) mass is 338 g/mol. The third-order valence-electron chi connectivity index (χ3n) is 2.77. The molecule has 0 aromatic heterocycles. The van der Waals surface area contributed by atoms with Crippen molar-refractivity contribution in [2.45, 2.75) is 13.5 Å². The molecule has 0 saturated heterocycles. The number of anilines is 2. The van der Waals surface area contributed by atoms with Gasteiger partial charge in [0.15, 0.2) is 5.11 Å². The molecule has 0 fully saturated rings. The molecule has 0 amide bonds. The lowest BCUT2D eigenvalue weighted by atomic mass is 10.3. The van der Waals surface area contributed by atoms with E-state index in [4.69, 9.17) is 17.0 Å². The Bertz CT molecular complexity index is 651. The predicted octanol–water partition coefficient (Wildman–Crippen LogP) is 4.50. The maximum Gasteiger partial charge on any atom is 0.387 e. The Balaban J connectivity index is 1.99. The normalized spacial score (nSPS) is 10.3. The van der Waals surface area contributed by atoms with Gasteiger partial charge in [-0.05, 0) is 55.5 Å². The van der Waals surface area contributed by atoms with Crippen molar-refractivity contribution >= 4 is 28.7 Å². The van der Waals surface area contributed by atoms with Crippen molar-refractivity contribution in [3.63, 3.8) is 0 Å². The first-order valence-corrected chi connectivity index (χ1v) is 7.34. The van der Waals surface area contributed by atoms with E-state index in [1.54, 1.807) is 30.3 Å². The molecule has 2 aromatic carbocycles. The van der Waals surface area contributed by atoms with E-state index in [0.29, 0.717) is 12.3 Å². The number of benzene rings is 2. The van der Waals surface area contributed by atoms with Crippen molar-refractivity contribution in [1.29, 1.82) is 0 Å². The Labute approximate surface area is 138 Å². The Morgan fingerprint density at radius 3 is 2.43 bits per heavy atom. The second-order valence-electron chi connectivity index (χ2n) is 4.41. The van der Waals surface area contributed by atoms with Crippen LogP contribution in [0.1, 0.15) is 6.92 Å². The summed E-state index contributed by atoms with van der Waals surface area (Å²) < 4.78 is 34.5. The van der Waals surface area contributed by atoms with Crippen molar-refractivity contribution in [2.75, 3.05) is 17.2 Å². The van der Waals surface area contributed by atoms with Crippen LogP contribution in [0.15, 0.2) is 48.5 Å². The molecule has 0 heterocycles. The standard InChI is InChI=1S/C16H16F2N2O2S/c1-2-21-12-9-7-11(8-10-12)19-16(23)20-13-5-3-4-6-14(13)22-15(17)18/h3-10,15H,2H2,1H3,(H2,19,20,23). The van der Waals surface area contributed by atoms with Gasteiger partial charge in [0.05, 0.1) is 12.3 Å². The van der Waals surface area contributed by atoms with E-state index < -0.39 is 6.61 Å². The minimum atomic E-state index is -2.90. The Hall–Kier alpha value is -2.41. The predicted molar refractivity (Wildman–Crippen MR) is 90.5 cm³/mol. The first-order valence-electron chi connectivity index (χ1n) is 6.93. The van der Waals surface area contributed by atoms with Gasteiger partial charge < -0.3 is 20.1 Å². The molecule has 0 aliphatic heterocycles. The second-order valence-corrected chi connectivity index (χ2v) is 4.82. The lowest BCUT2D eigenvalue weighted by Gasteiger charge is -2.14. The van der Waals surface area contributed by atoms with Crippen molar-refractivity contribution in [2.24, 2.45) is 0 Å². The van der Waals surface area contributed by atoms with Crippen LogP contribution in [0.25, 0.3) is 0 Å². The summed E-state index contributed by atoms with van der Waals surface area (Å²) in [6.07, 6.45) is 0. The molecule has 0 bridgehead atoms. The molecule has 0 unspecified atom stereocenters. The molecule has 0 aliphatic rings. The Morgan fingerprint density at radius 2 is 1.78 bits per heavy atom. The number of alkyl halides is 2. The van der Waals surface area contributed by atoms with Crippen LogP contribution in [0.4, 0.5) is 20.2 Å². The van der Waals surface area contributed by atoms with E-state index in [2.05, 4.69) is 15.4 Å².